The maximum atomic E-state index is 11.1. The molecule has 0 amide bonds. The molecule has 1 aromatic heterocycles. The van der Waals surface area contributed by atoms with E-state index in [1.807, 2.05) is 0 Å². The van der Waals surface area contributed by atoms with Crippen LogP contribution in [-0.2, 0) is 9.53 Å². The molecule has 0 atom stereocenters. The minimum atomic E-state index is -0.294. The Labute approximate surface area is 76.6 Å². The van der Waals surface area contributed by atoms with Gasteiger partial charge < -0.3 is 9.72 Å². The van der Waals surface area contributed by atoms with Crippen LogP contribution in [0.25, 0.3) is 6.08 Å². The van der Waals surface area contributed by atoms with Gasteiger partial charge in [0.05, 0.1) is 24.8 Å². The predicted molar refractivity (Wildman–Crippen MR) is 48.9 cm³/mol. The van der Waals surface area contributed by atoms with Crippen LogP contribution in [-0.4, -0.2) is 22.5 Å². The molecule has 0 spiro atoms. The van der Waals surface area contributed by atoms with Crippen molar-refractivity contribution in [3.05, 3.63) is 23.8 Å². The SMILES string of the molecule is CCOC(=O)/C(C)=C/c1cnc[nH]1. The summed E-state index contributed by atoms with van der Waals surface area (Å²) in [5.74, 6) is -0.294. The molecule has 1 heterocycles. The molecule has 0 unspecified atom stereocenters. The standard InChI is InChI=1S/C9H12N2O2/c1-3-13-9(12)7(2)4-8-5-10-6-11-8/h4-6H,3H2,1-2H3,(H,10,11)/b7-4+. The van der Waals surface area contributed by atoms with Gasteiger partial charge in [-0.1, -0.05) is 0 Å². The van der Waals surface area contributed by atoms with Crippen molar-refractivity contribution < 1.29 is 9.53 Å². The van der Waals surface area contributed by atoms with Crippen molar-refractivity contribution in [3.63, 3.8) is 0 Å². The van der Waals surface area contributed by atoms with Crippen molar-refractivity contribution in [2.24, 2.45) is 0 Å². The summed E-state index contributed by atoms with van der Waals surface area (Å²) < 4.78 is 4.81. The van der Waals surface area contributed by atoms with Crippen LogP contribution in [0.3, 0.4) is 0 Å². The van der Waals surface area contributed by atoms with Crippen molar-refractivity contribution >= 4 is 12.0 Å². The fraction of sp³-hybridized carbons (Fsp3) is 0.333. The molecule has 0 saturated heterocycles. The molecule has 0 aliphatic heterocycles. The van der Waals surface area contributed by atoms with E-state index in [4.69, 9.17) is 4.74 Å². The second kappa shape index (κ2) is 4.45. The molecule has 4 heteroatoms. The fourth-order valence-corrected chi connectivity index (χ4v) is 0.883. The van der Waals surface area contributed by atoms with E-state index >= 15 is 0 Å². The third kappa shape index (κ3) is 2.74. The summed E-state index contributed by atoms with van der Waals surface area (Å²) in [5.41, 5.74) is 1.36. The van der Waals surface area contributed by atoms with Gasteiger partial charge in [0.1, 0.15) is 0 Å². The topological polar surface area (TPSA) is 55.0 Å². The average molecular weight is 180 g/mol. The van der Waals surface area contributed by atoms with Crippen molar-refractivity contribution in [1.82, 2.24) is 9.97 Å². The number of rotatable bonds is 3. The van der Waals surface area contributed by atoms with Crippen molar-refractivity contribution in [2.45, 2.75) is 13.8 Å². The summed E-state index contributed by atoms with van der Waals surface area (Å²) in [6.07, 6.45) is 4.90. The summed E-state index contributed by atoms with van der Waals surface area (Å²) in [5, 5.41) is 0. The molecule has 0 fully saturated rings. The largest absolute Gasteiger partial charge is 0.463 e. The van der Waals surface area contributed by atoms with Crippen LogP contribution in [0.1, 0.15) is 19.5 Å². The van der Waals surface area contributed by atoms with Gasteiger partial charge in [0.25, 0.3) is 0 Å². The molecule has 0 bridgehead atoms. The normalized spacial score (nSPS) is 11.4. The number of hydrogen-bond acceptors (Lipinski definition) is 3. The molecule has 13 heavy (non-hydrogen) atoms. The maximum absolute atomic E-state index is 11.1. The van der Waals surface area contributed by atoms with E-state index in [1.54, 1.807) is 32.4 Å². The lowest BCUT2D eigenvalue weighted by Crippen LogP contribution is -2.04. The number of imidazole rings is 1. The summed E-state index contributed by atoms with van der Waals surface area (Å²) in [6.45, 7) is 3.88. The highest BCUT2D eigenvalue weighted by Crippen LogP contribution is 2.03. The number of nitrogens with zero attached hydrogens (tertiary/aromatic N) is 1. The quantitative estimate of drug-likeness (QED) is 0.564. The van der Waals surface area contributed by atoms with E-state index in [-0.39, 0.29) is 5.97 Å². The fourth-order valence-electron chi connectivity index (χ4n) is 0.883. The smallest absolute Gasteiger partial charge is 0.333 e. The lowest BCUT2D eigenvalue weighted by molar-refractivity contribution is -0.138. The summed E-state index contributed by atoms with van der Waals surface area (Å²) in [4.78, 5) is 17.8. The zero-order valence-electron chi connectivity index (χ0n) is 7.70. The van der Waals surface area contributed by atoms with Gasteiger partial charge in [-0.05, 0) is 19.9 Å². The highest BCUT2D eigenvalue weighted by atomic mass is 16.5. The molecule has 1 rings (SSSR count). The predicted octanol–water partition coefficient (Wildman–Crippen LogP) is 1.38. The minimum Gasteiger partial charge on any atom is -0.463 e. The van der Waals surface area contributed by atoms with Gasteiger partial charge in [0.2, 0.25) is 0 Å². The minimum absolute atomic E-state index is 0.294. The molecular weight excluding hydrogens is 168 g/mol. The van der Waals surface area contributed by atoms with Gasteiger partial charge in [-0.3, -0.25) is 0 Å². The molecule has 1 aromatic rings. The highest BCUT2D eigenvalue weighted by molar-refractivity contribution is 5.92. The second-order valence-electron chi connectivity index (χ2n) is 2.55. The van der Waals surface area contributed by atoms with E-state index in [1.165, 1.54) is 0 Å². The summed E-state index contributed by atoms with van der Waals surface area (Å²) >= 11 is 0. The number of aromatic amines is 1. The number of H-pyrrole nitrogens is 1. The Morgan fingerprint density at radius 2 is 2.54 bits per heavy atom. The Morgan fingerprint density at radius 3 is 3.08 bits per heavy atom. The Balaban J connectivity index is 2.66. The molecular formula is C9H12N2O2. The molecule has 0 aliphatic rings. The molecule has 0 aliphatic carbocycles. The van der Waals surface area contributed by atoms with Crippen LogP contribution in [0, 0.1) is 0 Å². The zero-order valence-corrected chi connectivity index (χ0v) is 7.70. The summed E-state index contributed by atoms with van der Waals surface area (Å²) in [7, 11) is 0. The highest BCUT2D eigenvalue weighted by Gasteiger charge is 2.03. The average Bonchev–Trinajstić information content (AvgIpc) is 2.57. The van der Waals surface area contributed by atoms with E-state index < -0.39 is 0 Å². The first-order valence-corrected chi connectivity index (χ1v) is 4.08. The van der Waals surface area contributed by atoms with E-state index in [0.29, 0.717) is 12.2 Å². The monoisotopic (exact) mass is 180 g/mol. The molecule has 4 nitrogen and oxygen atoms in total. The van der Waals surface area contributed by atoms with E-state index in [0.717, 1.165) is 5.69 Å². The summed E-state index contributed by atoms with van der Waals surface area (Å²) in [6, 6.07) is 0. The lowest BCUT2D eigenvalue weighted by atomic mass is 10.2. The van der Waals surface area contributed by atoms with Gasteiger partial charge in [-0.15, -0.1) is 0 Å². The van der Waals surface area contributed by atoms with Crippen LogP contribution >= 0.6 is 0 Å². The van der Waals surface area contributed by atoms with Gasteiger partial charge in [0, 0.05) is 5.57 Å². The molecule has 0 radical (unpaired) electrons. The number of hydrogen-bond donors (Lipinski definition) is 1. The molecule has 70 valence electrons. The van der Waals surface area contributed by atoms with Crippen molar-refractivity contribution in [1.29, 1.82) is 0 Å². The number of carbonyl (C=O) groups excluding carboxylic acids is 1. The van der Waals surface area contributed by atoms with Crippen molar-refractivity contribution in [2.75, 3.05) is 6.61 Å². The Morgan fingerprint density at radius 1 is 1.77 bits per heavy atom. The zero-order chi connectivity index (χ0) is 9.68. The van der Waals surface area contributed by atoms with Crippen LogP contribution in [0.2, 0.25) is 0 Å². The number of ether oxygens (including phenoxy) is 1. The van der Waals surface area contributed by atoms with Crippen LogP contribution < -0.4 is 0 Å². The third-order valence-corrected chi connectivity index (χ3v) is 1.49. The lowest BCUT2D eigenvalue weighted by Gasteiger charge is -1.99. The van der Waals surface area contributed by atoms with Crippen LogP contribution in [0.5, 0.6) is 0 Å². The van der Waals surface area contributed by atoms with Crippen LogP contribution in [0.15, 0.2) is 18.1 Å². The van der Waals surface area contributed by atoms with Gasteiger partial charge in [0.15, 0.2) is 0 Å². The first kappa shape index (κ1) is 9.51. The molecule has 1 N–H and O–H groups in total. The van der Waals surface area contributed by atoms with Crippen molar-refractivity contribution in [3.8, 4) is 0 Å². The Kier molecular flexibility index (Phi) is 3.25. The van der Waals surface area contributed by atoms with Gasteiger partial charge in [-0.2, -0.15) is 0 Å². The molecule has 0 aromatic carbocycles. The first-order valence-electron chi connectivity index (χ1n) is 4.08. The van der Waals surface area contributed by atoms with Gasteiger partial charge in [-0.25, -0.2) is 9.78 Å². The third-order valence-electron chi connectivity index (χ3n) is 1.49. The molecule has 0 saturated carbocycles. The van der Waals surface area contributed by atoms with E-state index in [2.05, 4.69) is 9.97 Å². The van der Waals surface area contributed by atoms with Gasteiger partial charge >= 0.3 is 5.97 Å². The first-order chi connectivity index (χ1) is 6.24. The number of aromatic nitrogens is 2. The number of carbonyl (C=O) groups is 1. The Hall–Kier alpha value is -1.58. The number of esters is 1. The number of nitrogens with one attached hydrogen (secondary N) is 1. The Bertz CT molecular complexity index is 301. The van der Waals surface area contributed by atoms with Crippen LogP contribution in [0.4, 0.5) is 0 Å². The van der Waals surface area contributed by atoms with E-state index in [9.17, 15) is 4.79 Å². The second-order valence-corrected chi connectivity index (χ2v) is 2.55. The maximum Gasteiger partial charge on any atom is 0.333 e.